The van der Waals surface area contributed by atoms with Crippen molar-refractivity contribution in [2.45, 2.75) is 27.2 Å². The zero-order valence-corrected chi connectivity index (χ0v) is 9.53. The number of benzene rings is 1. The van der Waals surface area contributed by atoms with E-state index in [0.29, 0.717) is 0 Å². The molecular formula is C13H17NO. The maximum atomic E-state index is 5.18. The molecule has 0 bridgehead atoms. The smallest absolute Gasteiger partial charge is 0.198 e. The molecule has 2 rings (SSSR count). The molecule has 0 spiro atoms. The average molecular weight is 203 g/mol. The van der Waals surface area contributed by atoms with E-state index in [1.165, 1.54) is 11.1 Å². The van der Waals surface area contributed by atoms with E-state index in [1.807, 2.05) is 26.0 Å². The standard InChI is InChI=1S/C11H11NO.C2H6/c1-9-4-2-3-5-10(9)8-11-12-6-7-13-11;1-2/h2-7H,8H2,1H3;1-2H3. The highest BCUT2D eigenvalue weighted by molar-refractivity contribution is 5.27. The number of nitrogens with zero attached hydrogens (tertiary/aromatic N) is 1. The number of oxazole rings is 1. The molecule has 1 heterocycles. The lowest BCUT2D eigenvalue weighted by Gasteiger charge is -2.01. The molecule has 0 aliphatic carbocycles. The Morgan fingerprint density at radius 2 is 1.93 bits per heavy atom. The normalized spacial score (nSPS) is 9.27. The Kier molecular flexibility index (Phi) is 4.61. The molecule has 0 aliphatic heterocycles. The van der Waals surface area contributed by atoms with Crippen molar-refractivity contribution in [3.63, 3.8) is 0 Å². The number of rotatable bonds is 2. The summed E-state index contributed by atoms with van der Waals surface area (Å²) in [6.07, 6.45) is 4.06. The molecule has 0 aliphatic rings. The van der Waals surface area contributed by atoms with Crippen LogP contribution in [0.15, 0.2) is 41.1 Å². The zero-order valence-electron chi connectivity index (χ0n) is 9.53. The van der Waals surface area contributed by atoms with E-state index in [1.54, 1.807) is 12.5 Å². The third kappa shape index (κ3) is 3.24. The summed E-state index contributed by atoms with van der Waals surface area (Å²) in [5.74, 6) is 0.773. The maximum absolute atomic E-state index is 5.18. The van der Waals surface area contributed by atoms with Crippen LogP contribution in [0.3, 0.4) is 0 Å². The van der Waals surface area contributed by atoms with Crippen LogP contribution < -0.4 is 0 Å². The molecule has 1 aromatic heterocycles. The Labute approximate surface area is 91.0 Å². The lowest BCUT2D eigenvalue weighted by Crippen LogP contribution is -1.90. The van der Waals surface area contributed by atoms with Crippen molar-refractivity contribution in [2.75, 3.05) is 0 Å². The Balaban J connectivity index is 0.000000531. The second-order valence-electron chi connectivity index (χ2n) is 3.03. The van der Waals surface area contributed by atoms with Gasteiger partial charge < -0.3 is 4.42 Å². The minimum atomic E-state index is 0.773. The van der Waals surface area contributed by atoms with Gasteiger partial charge in [-0.3, -0.25) is 0 Å². The first-order valence-corrected chi connectivity index (χ1v) is 5.29. The summed E-state index contributed by atoms with van der Waals surface area (Å²) in [6.45, 7) is 6.10. The molecule has 0 amide bonds. The quantitative estimate of drug-likeness (QED) is 0.745. The predicted octanol–water partition coefficient (Wildman–Crippen LogP) is 3.60. The molecule has 0 N–H and O–H groups in total. The maximum Gasteiger partial charge on any atom is 0.198 e. The summed E-state index contributed by atoms with van der Waals surface area (Å²) < 4.78 is 5.18. The van der Waals surface area contributed by atoms with Gasteiger partial charge in [-0.05, 0) is 18.1 Å². The van der Waals surface area contributed by atoms with Gasteiger partial charge >= 0.3 is 0 Å². The van der Waals surface area contributed by atoms with Crippen LogP contribution in [0.1, 0.15) is 30.9 Å². The van der Waals surface area contributed by atoms with Gasteiger partial charge in [-0.15, -0.1) is 0 Å². The number of hydrogen-bond donors (Lipinski definition) is 0. The fourth-order valence-corrected chi connectivity index (χ4v) is 1.31. The average Bonchev–Trinajstić information content (AvgIpc) is 2.77. The second kappa shape index (κ2) is 6.02. The molecule has 0 saturated carbocycles. The fraction of sp³-hybridized carbons (Fsp3) is 0.308. The van der Waals surface area contributed by atoms with E-state index in [-0.39, 0.29) is 0 Å². The van der Waals surface area contributed by atoms with Crippen LogP contribution in [0, 0.1) is 6.92 Å². The number of aromatic nitrogens is 1. The second-order valence-corrected chi connectivity index (χ2v) is 3.03. The van der Waals surface area contributed by atoms with E-state index in [4.69, 9.17) is 4.42 Å². The Morgan fingerprint density at radius 1 is 1.20 bits per heavy atom. The van der Waals surface area contributed by atoms with Crippen molar-refractivity contribution in [1.82, 2.24) is 4.98 Å². The van der Waals surface area contributed by atoms with Gasteiger partial charge in [0, 0.05) is 6.42 Å². The first kappa shape index (κ1) is 11.5. The molecule has 80 valence electrons. The number of aryl methyl sites for hydroxylation is 1. The summed E-state index contributed by atoms with van der Waals surface area (Å²) in [5, 5.41) is 0. The minimum absolute atomic E-state index is 0.773. The van der Waals surface area contributed by atoms with Crippen LogP contribution in [0.2, 0.25) is 0 Å². The Hall–Kier alpha value is -1.57. The molecule has 2 heteroatoms. The Bertz CT molecular complexity index is 379. The molecule has 0 atom stereocenters. The summed E-state index contributed by atoms with van der Waals surface area (Å²) in [6, 6.07) is 8.26. The van der Waals surface area contributed by atoms with Crippen molar-refractivity contribution >= 4 is 0 Å². The summed E-state index contributed by atoms with van der Waals surface area (Å²) in [5.41, 5.74) is 2.55. The lowest BCUT2D eigenvalue weighted by atomic mass is 10.1. The van der Waals surface area contributed by atoms with Gasteiger partial charge in [-0.25, -0.2) is 4.98 Å². The summed E-state index contributed by atoms with van der Waals surface area (Å²) in [7, 11) is 0. The van der Waals surface area contributed by atoms with E-state index in [2.05, 4.69) is 24.0 Å². The fourth-order valence-electron chi connectivity index (χ4n) is 1.31. The largest absolute Gasteiger partial charge is 0.449 e. The van der Waals surface area contributed by atoms with E-state index >= 15 is 0 Å². The van der Waals surface area contributed by atoms with Crippen molar-refractivity contribution in [3.05, 3.63) is 53.7 Å². The highest BCUT2D eigenvalue weighted by Gasteiger charge is 2.01. The van der Waals surface area contributed by atoms with Crippen LogP contribution in [0.5, 0.6) is 0 Å². The van der Waals surface area contributed by atoms with Crippen LogP contribution in [0.25, 0.3) is 0 Å². The van der Waals surface area contributed by atoms with Gasteiger partial charge in [-0.2, -0.15) is 0 Å². The lowest BCUT2D eigenvalue weighted by molar-refractivity contribution is 0.506. The molecule has 0 fully saturated rings. The molecule has 2 aromatic rings. The Morgan fingerprint density at radius 3 is 2.53 bits per heavy atom. The highest BCUT2D eigenvalue weighted by atomic mass is 16.3. The number of hydrogen-bond acceptors (Lipinski definition) is 2. The third-order valence-electron chi connectivity index (χ3n) is 2.09. The molecule has 2 nitrogen and oxygen atoms in total. The van der Waals surface area contributed by atoms with Gasteiger partial charge in [0.25, 0.3) is 0 Å². The SMILES string of the molecule is CC.Cc1ccccc1Cc1ncco1. The van der Waals surface area contributed by atoms with Gasteiger partial charge in [0.15, 0.2) is 5.89 Å². The summed E-state index contributed by atoms with van der Waals surface area (Å²) in [4.78, 5) is 4.09. The van der Waals surface area contributed by atoms with Crippen molar-refractivity contribution in [1.29, 1.82) is 0 Å². The molecule has 1 aromatic carbocycles. The first-order valence-electron chi connectivity index (χ1n) is 5.29. The first-order chi connectivity index (χ1) is 7.36. The van der Waals surface area contributed by atoms with Gasteiger partial charge in [-0.1, -0.05) is 38.1 Å². The zero-order chi connectivity index (χ0) is 11.1. The molecule has 0 radical (unpaired) electrons. The van der Waals surface area contributed by atoms with Gasteiger partial charge in [0.05, 0.1) is 6.20 Å². The van der Waals surface area contributed by atoms with E-state index in [9.17, 15) is 0 Å². The highest BCUT2D eigenvalue weighted by Crippen LogP contribution is 2.11. The van der Waals surface area contributed by atoms with Gasteiger partial charge in [0.2, 0.25) is 0 Å². The van der Waals surface area contributed by atoms with Crippen molar-refractivity contribution < 1.29 is 4.42 Å². The monoisotopic (exact) mass is 203 g/mol. The summed E-state index contributed by atoms with van der Waals surface area (Å²) >= 11 is 0. The van der Waals surface area contributed by atoms with Crippen LogP contribution in [-0.2, 0) is 6.42 Å². The molecule has 0 unspecified atom stereocenters. The van der Waals surface area contributed by atoms with Crippen LogP contribution in [-0.4, -0.2) is 4.98 Å². The van der Waals surface area contributed by atoms with Gasteiger partial charge in [0.1, 0.15) is 6.26 Å². The minimum Gasteiger partial charge on any atom is -0.449 e. The van der Waals surface area contributed by atoms with Crippen LogP contribution in [0.4, 0.5) is 0 Å². The molecule has 0 saturated heterocycles. The van der Waals surface area contributed by atoms with Crippen LogP contribution >= 0.6 is 0 Å². The third-order valence-corrected chi connectivity index (χ3v) is 2.09. The molecular weight excluding hydrogens is 186 g/mol. The predicted molar refractivity (Wildman–Crippen MR) is 61.8 cm³/mol. The van der Waals surface area contributed by atoms with E-state index in [0.717, 1.165) is 12.3 Å². The topological polar surface area (TPSA) is 26.0 Å². The van der Waals surface area contributed by atoms with E-state index < -0.39 is 0 Å². The van der Waals surface area contributed by atoms with Crippen molar-refractivity contribution in [2.24, 2.45) is 0 Å². The molecule has 15 heavy (non-hydrogen) atoms. The van der Waals surface area contributed by atoms with Crippen molar-refractivity contribution in [3.8, 4) is 0 Å².